The van der Waals surface area contributed by atoms with Crippen molar-refractivity contribution in [2.75, 3.05) is 39.2 Å². The number of carbonyl (C=O) groups is 1. The molecule has 3 aromatic rings. The summed E-state index contributed by atoms with van der Waals surface area (Å²) in [6.07, 6.45) is 0.878. The number of fused-ring (bicyclic) bond motifs is 1. The van der Waals surface area contributed by atoms with Gasteiger partial charge in [-0.25, -0.2) is 4.98 Å². The van der Waals surface area contributed by atoms with Crippen molar-refractivity contribution in [3.8, 4) is 5.75 Å². The van der Waals surface area contributed by atoms with Crippen molar-refractivity contribution in [2.45, 2.75) is 20.3 Å². The molecule has 1 amide bonds. The summed E-state index contributed by atoms with van der Waals surface area (Å²) < 4.78 is 6.34. The highest BCUT2D eigenvalue weighted by Crippen LogP contribution is 2.32. The van der Waals surface area contributed by atoms with E-state index in [0.29, 0.717) is 6.54 Å². The first kappa shape index (κ1) is 20.3. The van der Waals surface area contributed by atoms with Crippen molar-refractivity contribution in [1.29, 1.82) is 0 Å². The van der Waals surface area contributed by atoms with Gasteiger partial charge >= 0.3 is 0 Å². The maximum atomic E-state index is 13.4. The fourth-order valence-electron chi connectivity index (χ4n) is 3.08. The van der Waals surface area contributed by atoms with Gasteiger partial charge in [0.25, 0.3) is 5.91 Å². The molecule has 0 saturated heterocycles. The highest BCUT2D eigenvalue weighted by molar-refractivity contribution is 7.22. The van der Waals surface area contributed by atoms with Gasteiger partial charge in [-0.05, 0) is 70.7 Å². The van der Waals surface area contributed by atoms with Crippen LogP contribution in [0.15, 0.2) is 36.4 Å². The second kappa shape index (κ2) is 8.71. The van der Waals surface area contributed by atoms with E-state index >= 15 is 0 Å². The summed E-state index contributed by atoms with van der Waals surface area (Å²) in [5, 5.41) is 0.730. The number of aryl methyl sites for hydroxylation is 2. The number of hydrogen-bond acceptors (Lipinski definition) is 5. The molecule has 0 fully saturated rings. The molecule has 1 heterocycles. The molecule has 0 N–H and O–H groups in total. The number of carbonyl (C=O) groups excluding carboxylic acids is 1. The standard InChI is InChI=1S/C22H27N3O2S/c1-15-7-8-16(2)18(13-15)21(26)25(12-6-11-24(3)4)22-23-19-10-9-17(27-5)14-20(19)28-22/h7-10,13-14H,6,11-12H2,1-5H3. The Bertz CT molecular complexity index is 981. The van der Waals surface area contributed by atoms with E-state index in [1.54, 1.807) is 7.11 Å². The fraction of sp³-hybridized carbons (Fsp3) is 0.364. The molecule has 6 heteroatoms. The normalized spacial score (nSPS) is 11.2. The molecule has 0 radical (unpaired) electrons. The summed E-state index contributed by atoms with van der Waals surface area (Å²) >= 11 is 1.53. The molecule has 0 spiro atoms. The van der Waals surface area contributed by atoms with Crippen LogP contribution in [-0.2, 0) is 0 Å². The summed E-state index contributed by atoms with van der Waals surface area (Å²) in [6.45, 7) is 5.53. The Kier molecular flexibility index (Phi) is 6.31. The molecule has 148 valence electrons. The number of aromatic nitrogens is 1. The van der Waals surface area contributed by atoms with Crippen molar-refractivity contribution in [3.63, 3.8) is 0 Å². The summed E-state index contributed by atoms with van der Waals surface area (Å²) in [5.74, 6) is 0.800. The van der Waals surface area contributed by atoms with Crippen LogP contribution in [0.1, 0.15) is 27.9 Å². The van der Waals surface area contributed by atoms with Gasteiger partial charge in [0.05, 0.1) is 17.3 Å². The quantitative estimate of drug-likeness (QED) is 0.588. The molecule has 0 bridgehead atoms. The van der Waals surface area contributed by atoms with Crippen LogP contribution in [0.5, 0.6) is 5.75 Å². The zero-order valence-corrected chi connectivity index (χ0v) is 18.0. The third-order valence-corrected chi connectivity index (χ3v) is 5.71. The first-order valence-electron chi connectivity index (χ1n) is 9.37. The van der Waals surface area contributed by atoms with Crippen LogP contribution < -0.4 is 9.64 Å². The van der Waals surface area contributed by atoms with Gasteiger partial charge in [-0.1, -0.05) is 29.0 Å². The Morgan fingerprint density at radius 3 is 2.61 bits per heavy atom. The van der Waals surface area contributed by atoms with E-state index in [1.165, 1.54) is 11.3 Å². The van der Waals surface area contributed by atoms with E-state index in [2.05, 4.69) is 4.90 Å². The van der Waals surface area contributed by atoms with Gasteiger partial charge < -0.3 is 9.64 Å². The molecule has 0 aliphatic rings. The number of thiazole rings is 1. The zero-order chi connectivity index (χ0) is 20.3. The van der Waals surface area contributed by atoms with Crippen molar-refractivity contribution >= 4 is 32.6 Å². The van der Waals surface area contributed by atoms with Gasteiger partial charge in [0.1, 0.15) is 5.75 Å². The summed E-state index contributed by atoms with van der Waals surface area (Å²) in [4.78, 5) is 22.1. The molecule has 0 aliphatic carbocycles. The van der Waals surface area contributed by atoms with Gasteiger partial charge in [0.2, 0.25) is 0 Å². The van der Waals surface area contributed by atoms with Crippen molar-refractivity contribution in [2.24, 2.45) is 0 Å². The SMILES string of the molecule is COc1ccc2nc(N(CCCN(C)C)C(=O)c3cc(C)ccc3C)sc2c1. The number of ether oxygens (including phenoxy) is 1. The first-order chi connectivity index (χ1) is 13.4. The van der Waals surface area contributed by atoms with Gasteiger partial charge in [0, 0.05) is 12.1 Å². The molecule has 0 atom stereocenters. The number of anilines is 1. The minimum atomic E-state index is 0.00553. The van der Waals surface area contributed by atoms with E-state index in [9.17, 15) is 4.79 Å². The fourth-order valence-corrected chi connectivity index (χ4v) is 4.09. The van der Waals surface area contributed by atoms with Crippen LogP contribution in [-0.4, -0.2) is 50.1 Å². The van der Waals surface area contributed by atoms with E-state index in [0.717, 1.165) is 50.8 Å². The monoisotopic (exact) mass is 397 g/mol. The zero-order valence-electron chi connectivity index (χ0n) is 17.2. The number of rotatable bonds is 7. The molecule has 28 heavy (non-hydrogen) atoms. The number of hydrogen-bond donors (Lipinski definition) is 0. The maximum Gasteiger partial charge on any atom is 0.260 e. The van der Waals surface area contributed by atoms with Crippen LogP contribution in [0.25, 0.3) is 10.2 Å². The lowest BCUT2D eigenvalue weighted by Gasteiger charge is -2.22. The highest BCUT2D eigenvalue weighted by Gasteiger charge is 2.22. The Morgan fingerprint density at radius 1 is 1.11 bits per heavy atom. The Balaban J connectivity index is 1.98. The molecule has 0 aliphatic heterocycles. The highest BCUT2D eigenvalue weighted by atomic mass is 32.1. The first-order valence-corrected chi connectivity index (χ1v) is 10.2. The molecule has 5 nitrogen and oxygen atoms in total. The molecule has 2 aromatic carbocycles. The predicted octanol–water partition coefficient (Wildman–Crippen LogP) is 4.52. The molecule has 0 saturated carbocycles. The van der Waals surface area contributed by atoms with Gasteiger partial charge in [-0.2, -0.15) is 0 Å². The lowest BCUT2D eigenvalue weighted by Crippen LogP contribution is -2.34. The lowest BCUT2D eigenvalue weighted by atomic mass is 10.0. The van der Waals surface area contributed by atoms with E-state index in [4.69, 9.17) is 9.72 Å². The van der Waals surface area contributed by atoms with Gasteiger partial charge in [-0.3, -0.25) is 9.69 Å². The Labute approximate surface area is 170 Å². The largest absolute Gasteiger partial charge is 0.497 e. The lowest BCUT2D eigenvalue weighted by molar-refractivity contribution is 0.0985. The topological polar surface area (TPSA) is 45.7 Å². The van der Waals surface area contributed by atoms with Crippen LogP contribution in [0.2, 0.25) is 0 Å². The van der Waals surface area contributed by atoms with Crippen LogP contribution in [0, 0.1) is 13.8 Å². The average molecular weight is 398 g/mol. The van der Waals surface area contributed by atoms with Gasteiger partial charge in [-0.15, -0.1) is 0 Å². The second-order valence-corrected chi connectivity index (χ2v) is 8.27. The van der Waals surface area contributed by atoms with E-state index in [1.807, 2.05) is 69.2 Å². The van der Waals surface area contributed by atoms with Crippen LogP contribution in [0.4, 0.5) is 5.13 Å². The minimum absolute atomic E-state index is 0.00553. The van der Waals surface area contributed by atoms with Crippen LogP contribution >= 0.6 is 11.3 Å². The Hall–Kier alpha value is -2.44. The van der Waals surface area contributed by atoms with Crippen molar-refractivity contribution in [3.05, 3.63) is 53.1 Å². The number of nitrogens with zero attached hydrogens (tertiary/aromatic N) is 3. The predicted molar refractivity (Wildman–Crippen MR) is 117 cm³/mol. The summed E-state index contributed by atoms with van der Waals surface area (Å²) in [5.41, 5.74) is 3.68. The summed E-state index contributed by atoms with van der Waals surface area (Å²) in [6, 6.07) is 11.8. The molecule has 0 unspecified atom stereocenters. The third-order valence-electron chi connectivity index (χ3n) is 4.67. The minimum Gasteiger partial charge on any atom is -0.497 e. The molecule has 3 rings (SSSR count). The number of amides is 1. The number of methoxy groups -OCH3 is 1. The third kappa shape index (κ3) is 4.51. The molecular weight excluding hydrogens is 370 g/mol. The van der Waals surface area contributed by atoms with Crippen LogP contribution in [0.3, 0.4) is 0 Å². The average Bonchev–Trinajstić information content (AvgIpc) is 3.09. The second-order valence-electron chi connectivity index (χ2n) is 7.26. The molecular formula is C22H27N3O2S. The van der Waals surface area contributed by atoms with Crippen molar-refractivity contribution in [1.82, 2.24) is 9.88 Å². The maximum absolute atomic E-state index is 13.4. The Morgan fingerprint density at radius 2 is 1.89 bits per heavy atom. The number of benzene rings is 2. The molecule has 1 aromatic heterocycles. The van der Waals surface area contributed by atoms with Gasteiger partial charge in [0.15, 0.2) is 5.13 Å². The van der Waals surface area contributed by atoms with E-state index < -0.39 is 0 Å². The smallest absolute Gasteiger partial charge is 0.260 e. The summed E-state index contributed by atoms with van der Waals surface area (Å²) in [7, 11) is 5.74. The van der Waals surface area contributed by atoms with E-state index in [-0.39, 0.29) is 5.91 Å². The van der Waals surface area contributed by atoms with Crippen molar-refractivity contribution < 1.29 is 9.53 Å².